The Hall–Kier alpha value is -1.22. The van der Waals surface area contributed by atoms with Gasteiger partial charge in [0, 0.05) is 5.56 Å². The van der Waals surface area contributed by atoms with E-state index < -0.39 is 18.1 Å². The fourth-order valence-corrected chi connectivity index (χ4v) is 0.981. The monoisotopic (exact) mass is 182 g/mol. The van der Waals surface area contributed by atoms with Gasteiger partial charge in [0.05, 0.1) is 6.10 Å². The summed E-state index contributed by atoms with van der Waals surface area (Å²) in [6.45, 7) is 1.26. The average Bonchev–Trinajstić information content (AvgIpc) is 2.17. The topological polar surface area (TPSA) is 37.3 Å². The predicted molar refractivity (Wildman–Crippen MR) is 47.3 cm³/mol. The number of benzene rings is 1. The predicted octanol–water partition coefficient (Wildman–Crippen LogP) is 1.59. The number of alkyl halides is 1. The molecule has 0 fully saturated rings. The molecule has 0 aliphatic rings. The highest BCUT2D eigenvalue weighted by Crippen LogP contribution is 2.08. The van der Waals surface area contributed by atoms with Gasteiger partial charge < -0.3 is 5.11 Å². The van der Waals surface area contributed by atoms with Gasteiger partial charge in [-0.25, -0.2) is 4.39 Å². The van der Waals surface area contributed by atoms with Crippen LogP contribution in [0.3, 0.4) is 0 Å². The number of hydrogen-bond acceptors (Lipinski definition) is 2. The van der Waals surface area contributed by atoms with Crippen LogP contribution in [0.4, 0.5) is 4.39 Å². The molecule has 3 heteroatoms. The van der Waals surface area contributed by atoms with E-state index in [1.165, 1.54) is 19.1 Å². The van der Waals surface area contributed by atoms with Crippen molar-refractivity contribution in [1.29, 1.82) is 0 Å². The maximum Gasteiger partial charge on any atom is 0.199 e. The van der Waals surface area contributed by atoms with Crippen molar-refractivity contribution in [3.05, 3.63) is 35.9 Å². The molecule has 0 aliphatic carbocycles. The summed E-state index contributed by atoms with van der Waals surface area (Å²) in [5.41, 5.74) is 0.288. The van der Waals surface area contributed by atoms with Gasteiger partial charge in [-0.15, -0.1) is 0 Å². The summed E-state index contributed by atoms with van der Waals surface area (Å²) in [5.74, 6) is -0.671. The molecule has 1 rings (SSSR count). The normalized spacial score (nSPS) is 15.0. The van der Waals surface area contributed by atoms with Gasteiger partial charge in [0.2, 0.25) is 0 Å². The lowest BCUT2D eigenvalue weighted by Crippen LogP contribution is -2.27. The Morgan fingerprint density at radius 3 is 2.38 bits per heavy atom. The second kappa shape index (κ2) is 4.14. The standard InChI is InChI=1S/C10H11FO2/c1-7(12)9(11)10(13)8-5-3-2-4-6-8/h2-7,9,12H,1H3/t7-,9+/m0/s1. The fourth-order valence-electron chi connectivity index (χ4n) is 0.981. The van der Waals surface area contributed by atoms with Crippen molar-refractivity contribution in [3.8, 4) is 0 Å². The number of aliphatic hydroxyl groups excluding tert-OH is 1. The Balaban J connectivity index is 2.80. The highest BCUT2D eigenvalue weighted by molar-refractivity contribution is 5.99. The van der Waals surface area contributed by atoms with Crippen molar-refractivity contribution in [2.75, 3.05) is 0 Å². The molecular formula is C10H11FO2. The number of ketones is 1. The van der Waals surface area contributed by atoms with Crippen LogP contribution in [0.5, 0.6) is 0 Å². The highest BCUT2D eigenvalue weighted by Gasteiger charge is 2.23. The Morgan fingerprint density at radius 1 is 1.38 bits per heavy atom. The maximum absolute atomic E-state index is 13.0. The summed E-state index contributed by atoms with van der Waals surface area (Å²) < 4.78 is 13.0. The molecule has 0 bridgehead atoms. The van der Waals surface area contributed by atoms with E-state index in [2.05, 4.69) is 0 Å². The summed E-state index contributed by atoms with van der Waals surface area (Å²) in [6, 6.07) is 8.10. The van der Waals surface area contributed by atoms with Crippen LogP contribution in [0, 0.1) is 0 Å². The Kier molecular flexibility index (Phi) is 3.14. The van der Waals surface area contributed by atoms with E-state index in [0.29, 0.717) is 0 Å². The quantitative estimate of drug-likeness (QED) is 0.721. The lowest BCUT2D eigenvalue weighted by atomic mass is 10.0. The first-order chi connectivity index (χ1) is 6.13. The molecule has 13 heavy (non-hydrogen) atoms. The Labute approximate surface area is 76.0 Å². The van der Waals surface area contributed by atoms with Crippen LogP contribution in [0.2, 0.25) is 0 Å². The second-order valence-electron chi connectivity index (χ2n) is 2.87. The molecule has 1 aromatic carbocycles. The van der Waals surface area contributed by atoms with Gasteiger partial charge in [-0.05, 0) is 6.92 Å². The molecule has 0 aliphatic heterocycles. The first-order valence-corrected chi connectivity index (χ1v) is 4.04. The lowest BCUT2D eigenvalue weighted by molar-refractivity contribution is 0.0613. The van der Waals surface area contributed by atoms with Gasteiger partial charge in [-0.3, -0.25) is 4.79 Å². The minimum Gasteiger partial charge on any atom is -0.390 e. The zero-order valence-electron chi connectivity index (χ0n) is 7.27. The van der Waals surface area contributed by atoms with E-state index in [9.17, 15) is 9.18 Å². The van der Waals surface area contributed by atoms with Crippen LogP contribution in [0.1, 0.15) is 17.3 Å². The third-order valence-corrected chi connectivity index (χ3v) is 1.73. The van der Waals surface area contributed by atoms with E-state index in [4.69, 9.17) is 5.11 Å². The average molecular weight is 182 g/mol. The van der Waals surface area contributed by atoms with Gasteiger partial charge in [0.25, 0.3) is 0 Å². The first-order valence-electron chi connectivity index (χ1n) is 4.04. The summed E-state index contributed by atoms with van der Waals surface area (Å²) >= 11 is 0. The summed E-state index contributed by atoms with van der Waals surface area (Å²) in [6.07, 6.45) is -3.09. The maximum atomic E-state index is 13.0. The summed E-state index contributed by atoms with van der Waals surface area (Å²) in [4.78, 5) is 11.3. The van der Waals surface area contributed by atoms with Crippen molar-refractivity contribution >= 4 is 5.78 Å². The van der Waals surface area contributed by atoms with Gasteiger partial charge in [-0.1, -0.05) is 30.3 Å². The summed E-state index contributed by atoms with van der Waals surface area (Å²) in [7, 11) is 0. The molecule has 0 saturated carbocycles. The zero-order valence-corrected chi connectivity index (χ0v) is 7.27. The molecule has 0 amide bonds. The van der Waals surface area contributed by atoms with Gasteiger partial charge >= 0.3 is 0 Å². The fraction of sp³-hybridized carbons (Fsp3) is 0.300. The third kappa shape index (κ3) is 2.36. The van der Waals surface area contributed by atoms with E-state index in [0.717, 1.165) is 0 Å². The first kappa shape index (κ1) is 9.86. The molecule has 0 saturated heterocycles. The molecule has 0 unspecified atom stereocenters. The second-order valence-corrected chi connectivity index (χ2v) is 2.87. The van der Waals surface area contributed by atoms with Crippen LogP contribution >= 0.6 is 0 Å². The van der Waals surface area contributed by atoms with E-state index >= 15 is 0 Å². The number of carbonyl (C=O) groups excluding carboxylic acids is 1. The smallest absolute Gasteiger partial charge is 0.199 e. The number of carbonyl (C=O) groups is 1. The van der Waals surface area contributed by atoms with Crippen molar-refractivity contribution in [2.45, 2.75) is 19.2 Å². The molecule has 2 atom stereocenters. The minimum absolute atomic E-state index is 0.288. The third-order valence-electron chi connectivity index (χ3n) is 1.73. The molecular weight excluding hydrogens is 171 g/mol. The Morgan fingerprint density at radius 2 is 1.92 bits per heavy atom. The number of hydrogen-bond donors (Lipinski definition) is 1. The SMILES string of the molecule is C[C@H](O)[C@@H](F)C(=O)c1ccccc1. The van der Waals surface area contributed by atoms with E-state index in [1.807, 2.05) is 0 Å². The van der Waals surface area contributed by atoms with Crippen molar-refractivity contribution in [1.82, 2.24) is 0 Å². The van der Waals surface area contributed by atoms with Crippen LogP contribution in [-0.4, -0.2) is 23.2 Å². The van der Waals surface area contributed by atoms with Gasteiger partial charge in [-0.2, -0.15) is 0 Å². The van der Waals surface area contributed by atoms with E-state index in [-0.39, 0.29) is 5.56 Å². The molecule has 2 nitrogen and oxygen atoms in total. The van der Waals surface area contributed by atoms with Crippen LogP contribution in [0.25, 0.3) is 0 Å². The van der Waals surface area contributed by atoms with Crippen molar-refractivity contribution in [3.63, 3.8) is 0 Å². The molecule has 0 radical (unpaired) electrons. The number of aliphatic hydroxyl groups is 1. The largest absolute Gasteiger partial charge is 0.390 e. The van der Waals surface area contributed by atoms with Crippen molar-refractivity contribution in [2.24, 2.45) is 0 Å². The van der Waals surface area contributed by atoms with E-state index in [1.54, 1.807) is 18.2 Å². The van der Waals surface area contributed by atoms with Gasteiger partial charge in [0.1, 0.15) is 0 Å². The highest BCUT2D eigenvalue weighted by atomic mass is 19.1. The molecule has 0 heterocycles. The molecule has 1 aromatic rings. The van der Waals surface area contributed by atoms with Crippen molar-refractivity contribution < 1.29 is 14.3 Å². The summed E-state index contributed by atoms with van der Waals surface area (Å²) in [5, 5.41) is 8.86. The van der Waals surface area contributed by atoms with Crippen LogP contribution < -0.4 is 0 Å². The number of Topliss-reactive ketones (excluding diaryl/α,β-unsaturated/α-hetero) is 1. The van der Waals surface area contributed by atoms with Gasteiger partial charge in [0.15, 0.2) is 12.0 Å². The van der Waals surface area contributed by atoms with Crippen LogP contribution in [0.15, 0.2) is 30.3 Å². The molecule has 1 N–H and O–H groups in total. The molecule has 70 valence electrons. The molecule has 0 spiro atoms. The molecule has 0 aromatic heterocycles. The Bertz CT molecular complexity index is 282. The van der Waals surface area contributed by atoms with Crippen LogP contribution in [-0.2, 0) is 0 Å². The zero-order chi connectivity index (χ0) is 9.84. The number of rotatable bonds is 3. The number of halogens is 1. The lowest BCUT2D eigenvalue weighted by Gasteiger charge is -2.09. The minimum atomic E-state index is -1.83.